The van der Waals surface area contributed by atoms with Crippen molar-refractivity contribution in [3.63, 3.8) is 0 Å². The second-order valence-electron chi connectivity index (χ2n) is 7.78. The minimum atomic E-state index is -1.25. The summed E-state index contributed by atoms with van der Waals surface area (Å²) in [7, 11) is 0. The van der Waals surface area contributed by atoms with E-state index in [9.17, 15) is 18.0 Å². The first kappa shape index (κ1) is 22.0. The number of hydrogen-bond acceptors (Lipinski definition) is 4. The third kappa shape index (κ3) is 4.13. The molecule has 3 aromatic rings. The zero-order chi connectivity index (χ0) is 22.8. The monoisotopic (exact) mass is 444 g/mol. The van der Waals surface area contributed by atoms with Gasteiger partial charge in [0.05, 0.1) is 0 Å². The summed E-state index contributed by atoms with van der Waals surface area (Å²) < 4.78 is 45.3. The molecule has 2 aromatic carbocycles. The summed E-state index contributed by atoms with van der Waals surface area (Å²) in [6.07, 6.45) is 4.23. The standard InChI is InChI=1S/C23H23F3N4O2/c1-2-29-10-4-7-16(13-29)30-22-20(26)17(24)12-18(25)21(22)27-23(30)15-6-3-5-14(11-15)8-9-19(31)28-32/h3,5-6,8-9,11-12,16,32H,2,4,7,10,13H2,1H3,(H,28,31). The smallest absolute Gasteiger partial charge is 0.267 e. The third-order valence-corrected chi connectivity index (χ3v) is 5.78. The van der Waals surface area contributed by atoms with E-state index in [4.69, 9.17) is 5.21 Å². The summed E-state index contributed by atoms with van der Waals surface area (Å²) in [4.78, 5) is 17.9. The molecule has 0 radical (unpaired) electrons. The van der Waals surface area contributed by atoms with Crippen molar-refractivity contribution < 1.29 is 23.2 Å². The number of imidazole rings is 1. The van der Waals surface area contributed by atoms with Crippen molar-refractivity contribution >= 4 is 23.0 Å². The van der Waals surface area contributed by atoms with Crippen LogP contribution in [0.15, 0.2) is 36.4 Å². The van der Waals surface area contributed by atoms with Crippen LogP contribution in [0.25, 0.3) is 28.5 Å². The maximum Gasteiger partial charge on any atom is 0.267 e. The molecule has 1 amide bonds. The van der Waals surface area contributed by atoms with E-state index in [-0.39, 0.29) is 17.1 Å². The highest BCUT2D eigenvalue weighted by Crippen LogP contribution is 2.35. The second kappa shape index (κ2) is 9.13. The van der Waals surface area contributed by atoms with E-state index in [0.717, 1.165) is 32.0 Å². The van der Waals surface area contributed by atoms with Gasteiger partial charge in [-0.3, -0.25) is 10.0 Å². The Morgan fingerprint density at radius 2 is 2.09 bits per heavy atom. The fourth-order valence-electron chi connectivity index (χ4n) is 4.24. The number of hydroxylamine groups is 1. The summed E-state index contributed by atoms with van der Waals surface area (Å²) in [6, 6.07) is 7.22. The average Bonchev–Trinajstić information content (AvgIpc) is 3.23. The Kier molecular flexibility index (Phi) is 6.29. The lowest BCUT2D eigenvalue weighted by Crippen LogP contribution is -2.36. The van der Waals surface area contributed by atoms with Crippen LogP contribution >= 0.6 is 0 Å². The van der Waals surface area contributed by atoms with Gasteiger partial charge in [-0.1, -0.05) is 25.1 Å². The van der Waals surface area contributed by atoms with Crippen LogP contribution in [0, 0.1) is 17.5 Å². The van der Waals surface area contributed by atoms with E-state index in [1.165, 1.54) is 11.6 Å². The third-order valence-electron chi connectivity index (χ3n) is 5.78. The molecule has 0 spiro atoms. The quantitative estimate of drug-likeness (QED) is 0.267. The Hall–Kier alpha value is -3.17. The van der Waals surface area contributed by atoms with Crippen LogP contribution in [0.5, 0.6) is 0 Å². The highest BCUT2D eigenvalue weighted by atomic mass is 19.2. The van der Waals surface area contributed by atoms with E-state index in [2.05, 4.69) is 9.88 Å². The fourth-order valence-corrected chi connectivity index (χ4v) is 4.24. The van der Waals surface area contributed by atoms with E-state index < -0.39 is 23.4 Å². The zero-order valence-corrected chi connectivity index (χ0v) is 17.5. The molecule has 2 heterocycles. The van der Waals surface area contributed by atoms with Gasteiger partial charge in [0.15, 0.2) is 17.5 Å². The number of nitrogens with zero attached hydrogens (tertiary/aromatic N) is 3. The van der Waals surface area contributed by atoms with Crippen LogP contribution in [0.4, 0.5) is 13.2 Å². The predicted octanol–water partition coefficient (Wildman–Crippen LogP) is 4.30. The highest BCUT2D eigenvalue weighted by molar-refractivity contribution is 5.91. The minimum Gasteiger partial charge on any atom is -0.317 e. The van der Waals surface area contributed by atoms with E-state index in [1.54, 1.807) is 28.8 Å². The minimum absolute atomic E-state index is 0.180. The predicted molar refractivity (Wildman–Crippen MR) is 114 cm³/mol. The first-order valence-electron chi connectivity index (χ1n) is 10.4. The van der Waals surface area contributed by atoms with Crippen LogP contribution < -0.4 is 5.48 Å². The number of carbonyl (C=O) groups excluding carboxylic acids is 1. The van der Waals surface area contributed by atoms with Crippen LogP contribution in [0.3, 0.4) is 0 Å². The molecular weight excluding hydrogens is 421 g/mol. The van der Waals surface area contributed by atoms with Crippen molar-refractivity contribution in [3.05, 3.63) is 59.4 Å². The number of aromatic nitrogens is 2. The van der Waals surface area contributed by atoms with Crippen molar-refractivity contribution in [1.82, 2.24) is 19.9 Å². The van der Waals surface area contributed by atoms with Crippen molar-refractivity contribution in [2.24, 2.45) is 0 Å². The number of nitrogens with one attached hydrogen (secondary N) is 1. The molecule has 4 rings (SSSR count). The molecular formula is C23H23F3N4O2. The SMILES string of the molecule is CCN1CCCC(n2c(-c3cccc(C=CC(=O)NO)c3)nc3c(F)cc(F)c(F)c32)C1. The lowest BCUT2D eigenvalue weighted by molar-refractivity contribution is -0.124. The molecule has 0 bridgehead atoms. The Morgan fingerprint density at radius 3 is 2.84 bits per heavy atom. The molecule has 0 aliphatic carbocycles. The Labute approximate surface area is 182 Å². The number of likely N-dealkylation sites (tertiary alicyclic amines) is 1. The Bertz CT molecular complexity index is 1190. The van der Waals surface area contributed by atoms with Crippen molar-refractivity contribution in [3.8, 4) is 11.4 Å². The van der Waals surface area contributed by atoms with Crippen LogP contribution in [-0.2, 0) is 4.79 Å². The molecule has 1 atom stereocenters. The number of likely N-dealkylation sites (N-methyl/N-ethyl adjacent to an activating group) is 1. The molecule has 1 saturated heterocycles. The van der Waals surface area contributed by atoms with Gasteiger partial charge in [0.1, 0.15) is 16.9 Å². The number of piperidine rings is 1. The van der Waals surface area contributed by atoms with Crippen LogP contribution in [0.2, 0.25) is 0 Å². The van der Waals surface area contributed by atoms with Crippen molar-refractivity contribution in [2.45, 2.75) is 25.8 Å². The number of amides is 1. The van der Waals surface area contributed by atoms with Crippen LogP contribution in [0.1, 0.15) is 31.4 Å². The van der Waals surface area contributed by atoms with Gasteiger partial charge in [-0.15, -0.1) is 0 Å². The van der Waals surface area contributed by atoms with Crippen molar-refractivity contribution in [1.29, 1.82) is 0 Å². The number of halogens is 3. The summed E-state index contributed by atoms with van der Waals surface area (Å²) in [5.74, 6) is -3.66. The van der Waals surface area contributed by atoms with Gasteiger partial charge in [0.25, 0.3) is 5.91 Å². The van der Waals surface area contributed by atoms with E-state index in [0.29, 0.717) is 29.6 Å². The number of hydrogen-bond donors (Lipinski definition) is 2. The summed E-state index contributed by atoms with van der Waals surface area (Å²) in [6.45, 7) is 4.38. The van der Waals surface area contributed by atoms with Gasteiger partial charge in [-0.05, 0) is 43.6 Å². The molecule has 6 nitrogen and oxygen atoms in total. The highest BCUT2D eigenvalue weighted by Gasteiger charge is 2.29. The lowest BCUT2D eigenvalue weighted by atomic mass is 10.0. The maximum absolute atomic E-state index is 14.9. The second-order valence-corrected chi connectivity index (χ2v) is 7.78. The molecule has 1 aromatic heterocycles. The largest absolute Gasteiger partial charge is 0.317 e. The van der Waals surface area contributed by atoms with Gasteiger partial charge in [-0.2, -0.15) is 0 Å². The van der Waals surface area contributed by atoms with E-state index in [1.807, 2.05) is 6.92 Å². The Morgan fingerprint density at radius 1 is 1.28 bits per heavy atom. The van der Waals surface area contributed by atoms with Crippen LogP contribution in [-0.4, -0.2) is 45.2 Å². The zero-order valence-electron chi connectivity index (χ0n) is 17.5. The van der Waals surface area contributed by atoms with Gasteiger partial charge in [0.2, 0.25) is 0 Å². The molecule has 1 aliphatic rings. The molecule has 32 heavy (non-hydrogen) atoms. The number of rotatable bonds is 5. The van der Waals surface area contributed by atoms with Gasteiger partial charge in [-0.25, -0.2) is 23.6 Å². The average molecular weight is 444 g/mol. The molecule has 0 saturated carbocycles. The first-order chi connectivity index (χ1) is 15.4. The summed E-state index contributed by atoms with van der Waals surface area (Å²) in [5.41, 5.74) is 2.31. The Balaban J connectivity index is 1.90. The summed E-state index contributed by atoms with van der Waals surface area (Å²) >= 11 is 0. The summed E-state index contributed by atoms with van der Waals surface area (Å²) in [5, 5.41) is 8.65. The van der Waals surface area contributed by atoms with Gasteiger partial charge < -0.3 is 9.47 Å². The normalized spacial score (nSPS) is 17.3. The first-order valence-corrected chi connectivity index (χ1v) is 10.4. The molecule has 1 unspecified atom stereocenters. The topological polar surface area (TPSA) is 70.4 Å². The molecule has 2 N–H and O–H groups in total. The number of carbonyl (C=O) groups is 1. The number of fused-ring (bicyclic) bond motifs is 1. The molecule has 168 valence electrons. The fraction of sp³-hybridized carbons (Fsp3) is 0.304. The molecule has 1 aliphatic heterocycles. The number of benzene rings is 2. The molecule has 9 heteroatoms. The van der Waals surface area contributed by atoms with Gasteiger partial charge >= 0.3 is 0 Å². The lowest BCUT2D eigenvalue weighted by Gasteiger charge is -2.33. The molecule has 1 fully saturated rings. The van der Waals surface area contributed by atoms with Gasteiger partial charge in [0, 0.05) is 30.3 Å². The maximum atomic E-state index is 14.9. The van der Waals surface area contributed by atoms with E-state index >= 15 is 0 Å². The van der Waals surface area contributed by atoms with Crippen molar-refractivity contribution in [2.75, 3.05) is 19.6 Å².